The van der Waals surface area contributed by atoms with E-state index in [4.69, 9.17) is 9.47 Å². The molecular formula is C28H31N3O6. The van der Waals surface area contributed by atoms with Crippen molar-refractivity contribution in [2.45, 2.75) is 38.6 Å². The Morgan fingerprint density at radius 3 is 2.54 bits per heavy atom. The predicted molar refractivity (Wildman–Crippen MR) is 136 cm³/mol. The number of aliphatic carboxylic acids is 1. The van der Waals surface area contributed by atoms with Crippen LogP contribution in [-0.4, -0.2) is 51.7 Å². The third kappa shape index (κ3) is 5.56. The molecule has 3 aromatic rings. The van der Waals surface area contributed by atoms with Gasteiger partial charge in [-0.15, -0.1) is 5.10 Å². The van der Waals surface area contributed by atoms with E-state index in [1.54, 1.807) is 48.5 Å². The molecule has 2 fully saturated rings. The minimum Gasteiger partial charge on any atom is -0.494 e. The smallest absolute Gasteiger partial charge is 0.307 e. The number of hydrogen-bond acceptors (Lipinski definition) is 7. The van der Waals surface area contributed by atoms with E-state index in [1.807, 2.05) is 0 Å². The normalized spacial score (nSPS) is 22.2. The van der Waals surface area contributed by atoms with Crippen LogP contribution < -0.4 is 10.3 Å². The summed E-state index contributed by atoms with van der Waals surface area (Å²) in [5, 5.41) is 18.6. The van der Waals surface area contributed by atoms with Gasteiger partial charge in [-0.05, 0) is 80.3 Å². The van der Waals surface area contributed by atoms with E-state index < -0.39 is 23.7 Å². The molecule has 0 amide bonds. The molecule has 1 aliphatic heterocycles. The molecule has 194 valence electrons. The molecule has 1 N–H and O–H groups in total. The number of rotatable bonds is 9. The zero-order chi connectivity index (χ0) is 25.8. The summed E-state index contributed by atoms with van der Waals surface area (Å²) in [5.41, 5.74) is 0.655. The van der Waals surface area contributed by atoms with Gasteiger partial charge >= 0.3 is 5.97 Å². The number of ketones is 1. The van der Waals surface area contributed by atoms with Crippen LogP contribution in [0.4, 0.5) is 0 Å². The molecule has 37 heavy (non-hydrogen) atoms. The SMILES string of the molecule is O=C(O)[C@@H]1[C@@H](Cn2nnc3ccccc3c2=O)CC[C@H]1C(=O)c1ccc(OCCC2CCOCC2)cc1. The molecule has 1 saturated carbocycles. The second-order valence-electron chi connectivity index (χ2n) is 9.98. The van der Waals surface area contributed by atoms with Crippen molar-refractivity contribution in [3.05, 3.63) is 64.4 Å². The van der Waals surface area contributed by atoms with Gasteiger partial charge < -0.3 is 14.6 Å². The molecular weight excluding hydrogens is 474 g/mol. The lowest BCUT2D eigenvalue weighted by atomic mass is 9.84. The lowest BCUT2D eigenvalue weighted by molar-refractivity contribution is -0.144. The Balaban J connectivity index is 1.23. The Hall–Kier alpha value is -3.59. The zero-order valence-corrected chi connectivity index (χ0v) is 20.6. The number of nitrogens with zero attached hydrogens (tertiary/aromatic N) is 3. The highest BCUT2D eigenvalue weighted by atomic mass is 16.5. The third-order valence-electron chi connectivity index (χ3n) is 7.72. The summed E-state index contributed by atoms with van der Waals surface area (Å²) >= 11 is 0. The van der Waals surface area contributed by atoms with E-state index in [9.17, 15) is 19.5 Å². The molecule has 5 rings (SSSR count). The molecule has 2 heterocycles. The quantitative estimate of drug-likeness (QED) is 0.438. The Morgan fingerprint density at radius 2 is 1.78 bits per heavy atom. The Labute approximate surface area is 214 Å². The second kappa shape index (κ2) is 11.2. The lowest BCUT2D eigenvalue weighted by Gasteiger charge is -2.22. The zero-order valence-electron chi connectivity index (χ0n) is 20.6. The average molecular weight is 506 g/mol. The second-order valence-corrected chi connectivity index (χ2v) is 9.98. The summed E-state index contributed by atoms with van der Waals surface area (Å²) in [6, 6.07) is 13.9. The van der Waals surface area contributed by atoms with Crippen LogP contribution in [0, 0.1) is 23.7 Å². The first kappa shape index (κ1) is 25.1. The molecule has 0 radical (unpaired) electrons. The molecule has 9 nitrogen and oxygen atoms in total. The summed E-state index contributed by atoms with van der Waals surface area (Å²) in [7, 11) is 0. The fourth-order valence-corrected chi connectivity index (χ4v) is 5.63. The van der Waals surface area contributed by atoms with Gasteiger partial charge in [-0.25, -0.2) is 4.68 Å². The van der Waals surface area contributed by atoms with Crippen LogP contribution in [0.5, 0.6) is 5.75 Å². The largest absolute Gasteiger partial charge is 0.494 e. The first-order valence-corrected chi connectivity index (χ1v) is 12.9. The van der Waals surface area contributed by atoms with Crippen LogP contribution >= 0.6 is 0 Å². The van der Waals surface area contributed by atoms with Crippen molar-refractivity contribution in [3.63, 3.8) is 0 Å². The van der Waals surface area contributed by atoms with Crippen molar-refractivity contribution >= 4 is 22.7 Å². The Bertz CT molecular complexity index is 1320. The van der Waals surface area contributed by atoms with Crippen molar-refractivity contribution in [1.29, 1.82) is 0 Å². The molecule has 1 aliphatic carbocycles. The maximum Gasteiger partial charge on any atom is 0.307 e. The third-order valence-corrected chi connectivity index (χ3v) is 7.72. The fourth-order valence-electron chi connectivity index (χ4n) is 5.63. The van der Waals surface area contributed by atoms with Crippen molar-refractivity contribution in [2.24, 2.45) is 23.7 Å². The number of hydrogen-bond donors (Lipinski definition) is 1. The van der Waals surface area contributed by atoms with E-state index in [2.05, 4.69) is 10.3 Å². The fraction of sp³-hybridized carbons (Fsp3) is 0.464. The van der Waals surface area contributed by atoms with Gasteiger partial charge in [0.2, 0.25) is 0 Å². The van der Waals surface area contributed by atoms with Crippen LogP contribution in [-0.2, 0) is 16.1 Å². The van der Waals surface area contributed by atoms with E-state index in [0.29, 0.717) is 47.6 Å². The van der Waals surface area contributed by atoms with Gasteiger partial charge in [0.1, 0.15) is 11.3 Å². The van der Waals surface area contributed by atoms with Crippen molar-refractivity contribution in [2.75, 3.05) is 19.8 Å². The molecule has 9 heteroatoms. The molecule has 2 aromatic carbocycles. The summed E-state index contributed by atoms with van der Waals surface area (Å²) in [4.78, 5) is 38.4. The van der Waals surface area contributed by atoms with Crippen LogP contribution in [0.3, 0.4) is 0 Å². The Kier molecular flexibility index (Phi) is 7.60. The number of benzene rings is 2. The predicted octanol–water partition coefficient (Wildman–Crippen LogP) is 3.60. The average Bonchev–Trinajstić information content (AvgIpc) is 3.35. The number of carbonyl (C=O) groups is 2. The maximum absolute atomic E-state index is 13.3. The summed E-state index contributed by atoms with van der Waals surface area (Å²) in [6.45, 7) is 2.35. The number of carboxylic acid groups (broad SMARTS) is 1. The molecule has 1 aromatic heterocycles. The summed E-state index contributed by atoms with van der Waals surface area (Å²) < 4.78 is 12.5. The standard InChI is InChI=1S/C28H31N3O6/c32-26(19-5-8-21(9-6-19)37-16-13-18-11-14-36-15-12-18)23-10-7-20(25(23)28(34)35)17-31-27(33)22-3-1-2-4-24(22)29-30-31/h1-6,8-9,18,20,23,25H,7,10-17H2,(H,34,35)/t20-,23-,25-/m1/s1. The van der Waals surface area contributed by atoms with Gasteiger partial charge in [0.15, 0.2) is 5.78 Å². The first-order chi connectivity index (χ1) is 18.0. The summed E-state index contributed by atoms with van der Waals surface area (Å²) in [5.74, 6) is -1.87. The molecule has 1 saturated heterocycles. The molecule has 0 unspecified atom stereocenters. The monoisotopic (exact) mass is 505 g/mol. The summed E-state index contributed by atoms with van der Waals surface area (Å²) in [6.07, 6.45) is 4.05. The van der Waals surface area contributed by atoms with Gasteiger partial charge in [0.25, 0.3) is 5.56 Å². The topological polar surface area (TPSA) is 121 Å². The van der Waals surface area contributed by atoms with Crippen LogP contribution in [0.2, 0.25) is 0 Å². The number of fused-ring (bicyclic) bond motifs is 1. The highest BCUT2D eigenvalue weighted by molar-refractivity contribution is 6.00. The van der Waals surface area contributed by atoms with Crippen LogP contribution in [0.25, 0.3) is 10.9 Å². The van der Waals surface area contributed by atoms with Crippen LogP contribution in [0.15, 0.2) is 53.3 Å². The van der Waals surface area contributed by atoms with Crippen molar-refractivity contribution in [1.82, 2.24) is 15.0 Å². The van der Waals surface area contributed by atoms with E-state index in [-0.39, 0.29) is 17.9 Å². The molecule has 0 spiro atoms. The Morgan fingerprint density at radius 1 is 1.03 bits per heavy atom. The van der Waals surface area contributed by atoms with Gasteiger partial charge in [0.05, 0.1) is 24.5 Å². The van der Waals surface area contributed by atoms with Crippen molar-refractivity contribution < 1.29 is 24.2 Å². The highest BCUT2D eigenvalue weighted by Crippen LogP contribution is 2.40. The van der Waals surface area contributed by atoms with E-state index in [1.165, 1.54) is 4.68 Å². The van der Waals surface area contributed by atoms with Crippen LogP contribution in [0.1, 0.15) is 42.5 Å². The minimum atomic E-state index is -1.03. The van der Waals surface area contributed by atoms with Gasteiger partial charge in [-0.2, -0.15) is 0 Å². The van der Waals surface area contributed by atoms with Gasteiger partial charge in [0, 0.05) is 24.7 Å². The number of carbonyl (C=O) groups excluding carboxylic acids is 1. The van der Waals surface area contributed by atoms with Gasteiger partial charge in [-0.1, -0.05) is 17.3 Å². The van der Waals surface area contributed by atoms with E-state index >= 15 is 0 Å². The maximum atomic E-state index is 13.3. The van der Waals surface area contributed by atoms with E-state index in [0.717, 1.165) is 32.5 Å². The number of ether oxygens (including phenoxy) is 2. The lowest BCUT2D eigenvalue weighted by Crippen LogP contribution is -2.34. The van der Waals surface area contributed by atoms with Gasteiger partial charge in [-0.3, -0.25) is 14.4 Å². The molecule has 0 bridgehead atoms. The highest BCUT2D eigenvalue weighted by Gasteiger charge is 2.45. The molecule has 2 aliphatic rings. The number of Topliss-reactive ketones (excluding diaryl/α,β-unsaturated/α-hetero) is 1. The molecule has 3 atom stereocenters. The minimum absolute atomic E-state index is 0.108. The van der Waals surface area contributed by atoms with Crippen molar-refractivity contribution in [3.8, 4) is 5.75 Å². The number of aromatic nitrogens is 3. The number of carboxylic acids is 1. The first-order valence-electron chi connectivity index (χ1n) is 12.9.